The number of hydrogen-bond acceptors (Lipinski definition) is 8. The van der Waals surface area contributed by atoms with Gasteiger partial charge in [0.25, 0.3) is 5.91 Å². The van der Waals surface area contributed by atoms with Gasteiger partial charge in [-0.25, -0.2) is 4.98 Å². The zero-order valence-corrected chi connectivity index (χ0v) is 19.9. The first kappa shape index (κ1) is 23.0. The Morgan fingerprint density at radius 3 is 2.89 bits per heavy atom. The number of benzene rings is 1. The van der Waals surface area contributed by atoms with E-state index in [1.165, 1.54) is 6.26 Å². The molecule has 0 atom stereocenters. The van der Waals surface area contributed by atoms with Crippen LogP contribution < -0.4 is 16.0 Å². The maximum atomic E-state index is 13.2. The molecule has 10 nitrogen and oxygen atoms in total. The first-order valence-corrected chi connectivity index (χ1v) is 11.7. The molecular formula is C25H29N7O3. The average molecular weight is 476 g/mol. The second-order valence-corrected chi connectivity index (χ2v) is 8.82. The van der Waals surface area contributed by atoms with Crippen LogP contribution in [0.1, 0.15) is 29.0 Å². The summed E-state index contributed by atoms with van der Waals surface area (Å²) in [6.45, 7) is 4.74. The molecule has 0 aliphatic carbocycles. The van der Waals surface area contributed by atoms with Gasteiger partial charge < -0.3 is 25.1 Å². The van der Waals surface area contributed by atoms with E-state index in [1.807, 2.05) is 36.0 Å². The summed E-state index contributed by atoms with van der Waals surface area (Å²) in [6, 6.07) is 7.85. The highest BCUT2D eigenvalue weighted by atomic mass is 16.5. The first-order valence-electron chi connectivity index (χ1n) is 11.7. The van der Waals surface area contributed by atoms with Gasteiger partial charge in [0, 0.05) is 55.3 Å². The number of aromatic nitrogens is 4. The third kappa shape index (κ3) is 5.03. The minimum Gasteiger partial charge on any atom is -0.444 e. The number of aryl methyl sites for hydroxylation is 1. The van der Waals surface area contributed by atoms with Crippen LogP contribution in [0.25, 0.3) is 22.4 Å². The molecule has 5 rings (SSSR count). The molecule has 3 N–H and O–H groups in total. The van der Waals surface area contributed by atoms with E-state index in [1.54, 1.807) is 19.4 Å². The SMILES string of the molecule is COCCn1cc2cc(NC(=O)c3coc(-c4ccnc(C)c4)n3)c(N3CCC(N)CC3)cc2n1. The van der Waals surface area contributed by atoms with Gasteiger partial charge >= 0.3 is 0 Å². The van der Waals surface area contributed by atoms with Gasteiger partial charge in [-0.05, 0) is 44.0 Å². The number of ether oxygens (including phenoxy) is 1. The Labute approximate surface area is 203 Å². The van der Waals surface area contributed by atoms with Gasteiger partial charge in [-0.3, -0.25) is 14.5 Å². The van der Waals surface area contributed by atoms with Gasteiger partial charge in [0.2, 0.25) is 5.89 Å². The summed E-state index contributed by atoms with van der Waals surface area (Å²) < 4.78 is 12.6. The van der Waals surface area contributed by atoms with Crippen molar-refractivity contribution in [3.05, 3.63) is 54.3 Å². The van der Waals surface area contributed by atoms with E-state index in [-0.39, 0.29) is 17.6 Å². The summed E-state index contributed by atoms with van der Waals surface area (Å²) in [5.41, 5.74) is 10.4. The van der Waals surface area contributed by atoms with Crippen molar-refractivity contribution in [2.45, 2.75) is 32.4 Å². The lowest BCUT2D eigenvalue weighted by Gasteiger charge is -2.33. The molecule has 1 saturated heterocycles. The maximum Gasteiger partial charge on any atom is 0.277 e. The lowest BCUT2D eigenvalue weighted by atomic mass is 10.0. The number of methoxy groups -OCH3 is 1. The summed E-state index contributed by atoms with van der Waals surface area (Å²) in [7, 11) is 1.67. The van der Waals surface area contributed by atoms with Crippen LogP contribution in [0, 0.1) is 6.92 Å². The molecule has 0 unspecified atom stereocenters. The second kappa shape index (κ2) is 9.85. The number of nitrogens with zero attached hydrogens (tertiary/aromatic N) is 5. The molecule has 0 saturated carbocycles. The Kier molecular flexibility index (Phi) is 6.47. The molecule has 1 aliphatic rings. The van der Waals surface area contributed by atoms with Crippen molar-refractivity contribution in [2.75, 3.05) is 37.0 Å². The van der Waals surface area contributed by atoms with Crippen LogP contribution >= 0.6 is 0 Å². The topological polar surface area (TPSA) is 124 Å². The average Bonchev–Trinajstić information content (AvgIpc) is 3.50. The molecule has 10 heteroatoms. The van der Waals surface area contributed by atoms with Crippen molar-refractivity contribution in [1.82, 2.24) is 19.7 Å². The Hall–Kier alpha value is -3.76. The number of rotatable bonds is 7. The van der Waals surface area contributed by atoms with Crippen molar-refractivity contribution >= 4 is 28.2 Å². The molecule has 35 heavy (non-hydrogen) atoms. The van der Waals surface area contributed by atoms with Crippen LogP contribution in [0.3, 0.4) is 0 Å². The van der Waals surface area contributed by atoms with E-state index in [0.29, 0.717) is 24.7 Å². The highest BCUT2D eigenvalue weighted by Gasteiger charge is 2.22. The Morgan fingerprint density at radius 1 is 1.29 bits per heavy atom. The van der Waals surface area contributed by atoms with Gasteiger partial charge in [-0.15, -0.1) is 0 Å². The maximum absolute atomic E-state index is 13.2. The Morgan fingerprint density at radius 2 is 2.11 bits per heavy atom. The fourth-order valence-electron chi connectivity index (χ4n) is 4.29. The molecule has 1 aromatic carbocycles. The molecule has 1 aliphatic heterocycles. The molecular weight excluding hydrogens is 446 g/mol. The summed E-state index contributed by atoms with van der Waals surface area (Å²) in [4.78, 5) is 24.0. The van der Waals surface area contributed by atoms with Crippen LogP contribution in [-0.2, 0) is 11.3 Å². The number of carbonyl (C=O) groups excluding carboxylic acids is 1. The number of carbonyl (C=O) groups is 1. The highest BCUT2D eigenvalue weighted by molar-refractivity contribution is 6.06. The number of nitrogens with two attached hydrogens (primary N) is 1. The van der Waals surface area contributed by atoms with Crippen molar-refractivity contribution in [2.24, 2.45) is 5.73 Å². The standard InChI is InChI=1S/C25H29N7O3/c1-16-11-17(3-6-27-16)25-29-22(15-35-25)24(33)28-21-12-18-14-32(9-10-34-2)30-20(18)13-23(21)31-7-4-19(26)5-8-31/h3,6,11-15,19H,4-5,7-10,26H2,1-2H3,(H,28,33). The highest BCUT2D eigenvalue weighted by Crippen LogP contribution is 2.33. The summed E-state index contributed by atoms with van der Waals surface area (Å²) >= 11 is 0. The van der Waals surface area contributed by atoms with Gasteiger partial charge in [0.1, 0.15) is 6.26 Å². The predicted octanol–water partition coefficient (Wildman–Crippen LogP) is 3.22. The largest absolute Gasteiger partial charge is 0.444 e. The normalized spacial score (nSPS) is 14.5. The zero-order chi connectivity index (χ0) is 24.4. The van der Waals surface area contributed by atoms with Gasteiger partial charge in [-0.1, -0.05) is 0 Å². The quantitative estimate of drug-likeness (QED) is 0.417. The van der Waals surface area contributed by atoms with E-state index in [9.17, 15) is 4.79 Å². The molecule has 0 radical (unpaired) electrons. The monoisotopic (exact) mass is 475 g/mol. The van der Waals surface area contributed by atoms with Crippen molar-refractivity contribution in [3.63, 3.8) is 0 Å². The van der Waals surface area contributed by atoms with Crippen LogP contribution in [0.4, 0.5) is 11.4 Å². The molecule has 0 bridgehead atoms. The molecule has 1 amide bonds. The molecule has 1 fully saturated rings. The first-order chi connectivity index (χ1) is 17.0. The number of oxazole rings is 1. The number of piperidine rings is 1. The summed E-state index contributed by atoms with van der Waals surface area (Å²) in [5.74, 6) is 0.0348. The van der Waals surface area contributed by atoms with Gasteiger partial charge in [0.15, 0.2) is 5.69 Å². The van der Waals surface area contributed by atoms with E-state index in [4.69, 9.17) is 14.9 Å². The van der Waals surface area contributed by atoms with E-state index < -0.39 is 0 Å². The third-order valence-corrected chi connectivity index (χ3v) is 6.20. The predicted molar refractivity (Wildman–Crippen MR) is 133 cm³/mol. The number of fused-ring (bicyclic) bond motifs is 1. The minimum atomic E-state index is -0.341. The van der Waals surface area contributed by atoms with E-state index >= 15 is 0 Å². The number of amides is 1. The van der Waals surface area contributed by atoms with Crippen molar-refractivity contribution in [1.29, 1.82) is 0 Å². The third-order valence-electron chi connectivity index (χ3n) is 6.20. The molecule has 3 aromatic heterocycles. The van der Waals surface area contributed by atoms with Gasteiger partial charge in [-0.2, -0.15) is 5.10 Å². The second-order valence-electron chi connectivity index (χ2n) is 8.82. The van der Waals surface area contributed by atoms with E-state index in [2.05, 4.69) is 25.3 Å². The van der Waals surface area contributed by atoms with Crippen LogP contribution in [0.2, 0.25) is 0 Å². The molecule has 4 heterocycles. The van der Waals surface area contributed by atoms with Crippen molar-refractivity contribution < 1.29 is 13.9 Å². The number of hydrogen-bond donors (Lipinski definition) is 2. The number of anilines is 2. The Balaban J connectivity index is 1.44. The molecule has 4 aromatic rings. The number of pyridine rings is 1. The fourth-order valence-corrected chi connectivity index (χ4v) is 4.29. The molecule has 182 valence electrons. The lowest BCUT2D eigenvalue weighted by Crippen LogP contribution is -2.40. The lowest BCUT2D eigenvalue weighted by molar-refractivity contribution is 0.102. The summed E-state index contributed by atoms with van der Waals surface area (Å²) in [6.07, 6.45) is 6.81. The zero-order valence-electron chi connectivity index (χ0n) is 19.9. The van der Waals surface area contributed by atoms with Crippen LogP contribution in [-0.4, -0.2) is 58.5 Å². The molecule has 0 spiro atoms. The number of nitrogens with one attached hydrogen (secondary N) is 1. The minimum absolute atomic E-state index is 0.201. The summed E-state index contributed by atoms with van der Waals surface area (Å²) in [5, 5.41) is 8.66. The van der Waals surface area contributed by atoms with Crippen LogP contribution in [0.5, 0.6) is 0 Å². The smallest absolute Gasteiger partial charge is 0.277 e. The van der Waals surface area contributed by atoms with E-state index in [0.717, 1.165) is 53.8 Å². The van der Waals surface area contributed by atoms with Crippen LogP contribution in [0.15, 0.2) is 47.3 Å². The fraction of sp³-hybridized carbons (Fsp3) is 0.360. The van der Waals surface area contributed by atoms with Crippen molar-refractivity contribution in [3.8, 4) is 11.5 Å². The van der Waals surface area contributed by atoms with Gasteiger partial charge in [0.05, 0.1) is 30.0 Å². The Bertz CT molecular complexity index is 1340.